The van der Waals surface area contributed by atoms with Crippen LogP contribution in [-0.2, 0) is 29.5 Å². The second-order valence-corrected chi connectivity index (χ2v) is 2.92. The van der Waals surface area contributed by atoms with Gasteiger partial charge in [0.05, 0.1) is 0 Å². The van der Waals surface area contributed by atoms with Gasteiger partial charge in [-0.05, 0) is 0 Å². The molecule has 2 N–H and O–H groups in total. The van der Waals surface area contributed by atoms with Crippen molar-refractivity contribution >= 4 is 20.8 Å². The minimum absolute atomic E-state index is 0. The van der Waals surface area contributed by atoms with Gasteiger partial charge in [-0.2, -0.15) is 8.42 Å². The van der Waals surface area contributed by atoms with Gasteiger partial charge < -0.3 is 10.0 Å². The molecular formula is H2KNaO9S2. The molecule has 70 valence electrons. The van der Waals surface area contributed by atoms with Crippen LogP contribution in [0.3, 0.4) is 0 Å². The fraction of sp³-hybridized carbons (Fsp3) is 0. The van der Waals surface area contributed by atoms with Gasteiger partial charge in [0.25, 0.3) is 0 Å². The summed E-state index contributed by atoms with van der Waals surface area (Å²) in [5.41, 5.74) is 0. The van der Waals surface area contributed by atoms with Crippen molar-refractivity contribution < 1.29 is 121 Å². The summed E-state index contributed by atoms with van der Waals surface area (Å²) < 4.78 is 60.2. The molecule has 0 amide bonds. The van der Waals surface area contributed by atoms with E-state index in [2.05, 4.69) is 8.67 Å². The Morgan fingerprint density at radius 3 is 1.46 bits per heavy atom. The molecule has 0 spiro atoms. The predicted octanol–water partition coefficient (Wildman–Crippen LogP) is -7.97. The van der Waals surface area contributed by atoms with Gasteiger partial charge in [0.2, 0.25) is 10.4 Å². The molecular weight excluding hydrogens is 270 g/mol. The Balaban J connectivity index is -0.000000135. The summed E-state index contributed by atoms with van der Waals surface area (Å²) in [6, 6.07) is 0. The molecule has 0 bridgehead atoms. The van der Waals surface area contributed by atoms with E-state index in [1.807, 2.05) is 0 Å². The molecule has 0 radical (unpaired) electrons. The molecule has 9 nitrogen and oxygen atoms in total. The van der Waals surface area contributed by atoms with Gasteiger partial charge in [-0.15, -0.1) is 0 Å². The van der Waals surface area contributed by atoms with Crippen molar-refractivity contribution in [2.45, 2.75) is 0 Å². The molecule has 13 heteroatoms. The van der Waals surface area contributed by atoms with E-state index in [1.165, 1.54) is 0 Å². The van der Waals surface area contributed by atoms with Crippen molar-refractivity contribution in [3.05, 3.63) is 0 Å². The fourth-order valence-electron chi connectivity index (χ4n) is 0.0691. The van der Waals surface area contributed by atoms with E-state index in [-0.39, 0.29) is 86.4 Å². The third-order valence-electron chi connectivity index (χ3n) is 0.197. The maximum absolute atomic E-state index is 9.48. The number of hydrogen-bond acceptors (Lipinski definition) is 8. The van der Waals surface area contributed by atoms with Crippen molar-refractivity contribution in [1.82, 2.24) is 0 Å². The zero-order valence-electron chi connectivity index (χ0n) is 6.57. The Bertz CT molecular complexity index is 254. The molecule has 0 aliphatic carbocycles. The maximum atomic E-state index is 9.48. The van der Waals surface area contributed by atoms with E-state index >= 15 is 0 Å². The van der Waals surface area contributed by atoms with Gasteiger partial charge in [-0.1, -0.05) is 8.67 Å². The monoisotopic (exact) mass is 272 g/mol. The van der Waals surface area contributed by atoms with E-state index < -0.39 is 20.8 Å². The van der Waals surface area contributed by atoms with Gasteiger partial charge in [0, 0.05) is 0 Å². The average Bonchev–Trinajstić information content (AvgIpc) is 1.57. The standard InChI is InChI=1S/K.Na.H2O8S2.H2O/c;;1-9(2,3)7-8-10(4,5)6;/h;;(H,1,2,3)(H,4,5,6);1H2/q2*+1;;/p-2. The van der Waals surface area contributed by atoms with Gasteiger partial charge in [0.15, 0.2) is 0 Å². The topological polar surface area (TPSA) is 160 Å². The molecule has 0 heterocycles. The molecule has 0 rings (SSSR count). The Kier molecular flexibility index (Phi) is 18.0. The molecule has 0 aromatic rings. The third kappa shape index (κ3) is 25.0. The van der Waals surface area contributed by atoms with Crippen LogP contribution in [0, 0.1) is 0 Å². The van der Waals surface area contributed by atoms with Crippen LogP contribution in [0.2, 0.25) is 0 Å². The van der Waals surface area contributed by atoms with Crippen LogP contribution in [0.25, 0.3) is 0 Å². The van der Waals surface area contributed by atoms with Crippen molar-refractivity contribution in [3.8, 4) is 0 Å². The van der Waals surface area contributed by atoms with Crippen LogP contribution in [0.4, 0.5) is 0 Å². The zero-order chi connectivity index (χ0) is 8.41. The first-order valence-corrected chi connectivity index (χ1v) is 4.21. The minimum atomic E-state index is -5.27. The summed E-state index contributed by atoms with van der Waals surface area (Å²) in [4.78, 5) is 0. The summed E-state index contributed by atoms with van der Waals surface area (Å²) in [6.45, 7) is 0. The Morgan fingerprint density at radius 2 is 1.38 bits per heavy atom. The minimum Gasteiger partial charge on any atom is -0.870 e. The van der Waals surface area contributed by atoms with Gasteiger partial charge in [-0.3, -0.25) is 4.55 Å². The summed E-state index contributed by atoms with van der Waals surface area (Å²) in [7, 11) is -10.3. The van der Waals surface area contributed by atoms with Crippen molar-refractivity contribution in [3.63, 3.8) is 0 Å². The van der Waals surface area contributed by atoms with Crippen LogP contribution in [0.15, 0.2) is 0 Å². The Morgan fingerprint density at radius 1 is 1.08 bits per heavy atom. The van der Waals surface area contributed by atoms with E-state index in [9.17, 15) is 21.4 Å². The van der Waals surface area contributed by atoms with E-state index in [0.29, 0.717) is 0 Å². The first kappa shape index (κ1) is 24.5. The van der Waals surface area contributed by atoms with Crippen LogP contribution in [0.5, 0.6) is 0 Å². The second kappa shape index (κ2) is 9.55. The van der Waals surface area contributed by atoms with Crippen LogP contribution < -0.4 is 80.9 Å². The Labute approximate surface area is 139 Å². The summed E-state index contributed by atoms with van der Waals surface area (Å²) >= 11 is 0. The van der Waals surface area contributed by atoms with E-state index in [1.54, 1.807) is 0 Å². The third-order valence-corrected chi connectivity index (χ3v) is 0.758. The van der Waals surface area contributed by atoms with Crippen molar-refractivity contribution in [1.29, 1.82) is 0 Å². The number of rotatable bonds is 3. The first-order chi connectivity index (χ1) is 4.21. The normalized spacial score (nSPS) is 10.3. The molecule has 0 atom stereocenters. The number of hydrogen-bond donors (Lipinski definition) is 1. The predicted molar refractivity (Wildman–Crippen MR) is 25.4 cm³/mol. The first-order valence-electron chi connectivity index (χ1n) is 1.52. The largest absolute Gasteiger partial charge is 1.00 e. The average molecular weight is 272 g/mol. The summed E-state index contributed by atoms with van der Waals surface area (Å²) in [5, 5.41) is 0. The fourth-order valence-corrected chi connectivity index (χ4v) is 0.622. The summed E-state index contributed by atoms with van der Waals surface area (Å²) in [5.74, 6) is 0. The quantitative estimate of drug-likeness (QED) is 0.173. The molecule has 0 aliphatic rings. The van der Waals surface area contributed by atoms with Crippen molar-refractivity contribution in [2.75, 3.05) is 0 Å². The molecule has 0 aromatic heterocycles. The molecule has 13 heavy (non-hydrogen) atoms. The Hall–Kier alpha value is 2.34. The van der Waals surface area contributed by atoms with Gasteiger partial charge in [0.1, 0.15) is 0 Å². The maximum Gasteiger partial charge on any atom is 1.00 e. The molecule has 0 saturated heterocycles. The van der Waals surface area contributed by atoms with E-state index in [0.717, 1.165) is 0 Å². The smallest absolute Gasteiger partial charge is 0.870 e. The molecule has 0 saturated carbocycles. The second-order valence-electron chi connectivity index (χ2n) is 0.972. The van der Waals surface area contributed by atoms with Crippen LogP contribution in [0.1, 0.15) is 0 Å². The molecule has 0 unspecified atom stereocenters. The molecule has 0 aliphatic heterocycles. The zero-order valence-corrected chi connectivity index (χ0v) is 13.3. The van der Waals surface area contributed by atoms with Gasteiger partial charge >= 0.3 is 91.3 Å². The van der Waals surface area contributed by atoms with Crippen LogP contribution >= 0.6 is 0 Å². The van der Waals surface area contributed by atoms with Crippen LogP contribution in [-0.4, -0.2) is 31.4 Å². The summed E-state index contributed by atoms with van der Waals surface area (Å²) in [6.07, 6.45) is 0. The molecule has 0 fully saturated rings. The van der Waals surface area contributed by atoms with Gasteiger partial charge in [-0.25, -0.2) is 8.42 Å². The molecule has 0 aromatic carbocycles. The van der Waals surface area contributed by atoms with E-state index in [4.69, 9.17) is 4.55 Å². The SMILES string of the molecule is O=S(=O)([O-])OOS(=O)(=O)O.[K+].[Na+].[OH-]. The van der Waals surface area contributed by atoms with Crippen molar-refractivity contribution in [2.24, 2.45) is 0 Å².